The molecule has 0 aromatic heterocycles. The fourth-order valence-electron chi connectivity index (χ4n) is 1.12. The number of carboxylic acids is 1. The molecule has 0 aliphatic rings. The van der Waals surface area contributed by atoms with Gasteiger partial charge in [0.15, 0.2) is 0 Å². The average Bonchev–Trinajstić information content (AvgIpc) is 2.04. The van der Waals surface area contributed by atoms with Gasteiger partial charge in [-0.2, -0.15) is 0 Å². The molecule has 0 saturated carbocycles. The van der Waals surface area contributed by atoms with Crippen molar-refractivity contribution in [2.45, 2.75) is 9.88 Å². The first-order valence-corrected chi connectivity index (χ1v) is 12.3. The summed E-state index contributed by atoms with van der Waals surface area (Å²) in [5.74, 6) is -1.25. The topological polar surface area (TPSA) is 37.3 Å². The third kappa shape index (κ3) is 2.43. The van der Waals surface area contributed by atoms with Gasteiger partial charge in [0, 0.05) is 0 Å². The third-order valence-electron chi connectivity index (χ3n) is 1.86. The maximum absolute atomic E-state index is 13.1. The molecule has 0 aliphatic heterocycles. The Bertz CT molecular complexity index is 336. The normalized spacial score (nSPS) is 10.5. The molecule has 0 heterocycles. The first-order valence-electron chi connectivity index (χ1n) is 4.05. The van der Waals surface area contributed by atoms with Crippen LogP contribution in [0.5, 0.6) is 0 Å². The molecular formula is C9H11FO2Sn. The molecule has 2 nitrogen and oxygen atoms in total. The van der Waals surface area contributed by atoms with E-state index in [4.69, 9.17) is 5.11 Å². The summed E-state index contributed by atoms with van der Waals surface area (Å²) in [6.45, 7) is 0. The Balaban J connectivity index is 3.19. The summed E-state index contributed by atoms with van der Waals surface area (Å²) in [5, 5.41) is 8.68. The van der Waals surface area contributed by atoms with Gasteiger partial charge in [0.25, 0.3) is 0 Å². The van der Waals surface area contributed by atoms with Crippen LogP contribution in [0.15, 0.2) is 18.2 Å². The predicted octanol–water partition coefficient (Wildman–Crippen LogP) is 1.22. The zero-order chi connectivity index (χ0) is 10.0. The first kappa shape index (κ1) is 10.5. The summed E-state index contributed by atoms with van der Waals surface area (Å²) in [4.78, 5) is 14.7. The van der Waals surface area contributed by atoms with Crippen LogP contribution in [0.3, 0.4) is 0 Å². The number of halogens is 1. The van der Waals surface area contributed by atoms with Crippen molar-refractivity contribution in [2.75, 3.05) is 0 Å². The van der Waals surface area contributed by atoms with Gasteiger partial charge < -0.3 is 0 Å². The molecule has 0 fully saturated rings. The fourth-order valence-corrected chi connectivity index (χ4v) is 4.43. The fraction of sp³-hybridized carbons (Fsp3) is 0.222. The molecule has 70 valence electrons. The minimum atomic E-state index is -1.93. The van der Waals surface area contributed by atoms with Gasteiger partial charge in [0.05, 0.1) is 0 Å². The Morgan fingerprint density at radius 3 is 2.54 bits per heavy atom. The van der Waals surface area contributed by atoms with E-state index in [2.05, 4.69) is 0 Å². The minimum absolute atomic E-state index is 0.182. The van der Waals surface area contributed by atoms with Crippen LogP contribution < -0.4 is 3.58 Å². The molecule has 0 radical (unpaired) electrons. The van der Waals surface area contributed by atoms with Crippen molar-refractivity contribution in [3.8, 4) is 0 Å². The second kappa shape index (κ2) is 4.09. The van der Waals surface area contributed by atoms with E-state index in [-0.39, 0.29) is 11.4 Å². The van der Waals surface area contributed by atoms with Crippen molar-refractivity contribution >= 4 is 29.3 Å². The van der Waals surface area contributed by atoms with Crippen LogP contribution in [0.25, 0.3) is 0 Å². The van der Waals surface area contributed by atoms with Crippen LogP contribution in [0, 0.1) is 5.82 Å². The van der Waals surface area contributed by atoms with Crippen molar-refractivity contribution in [3.05, 3.63) is 29.6 Å². The van der Waals surface area contributed by atoms with E-state index in [0.717, 1.165) is 0 Å². The first-order chi connectivity index (χ1) is 6.02. The molecule has 1 rings (SSSR count). The van der Waals surface area contributed by atoms with Gasteiger partial charge in [-0.3, -0.25) is 0 Å². The Kier molecular flexibility index (Phi) is 3.30. The Hall–Kier alpha value is -0.581. The third-order valence-corrected chi connectivity index (χ3v) is 6.68. The van der Waals surface area contributed by atoms with Crippen LogP contribution in [-0.4, -0.2) is 30.8 Å². The predicted molar refractivity (Wildman–Crippen MR) is 51.9 cm³/mol. The molecule has 0 aliphatic carbocycles. The number of hydrogen-bond acceptors (Lipinski definition) is 1. The maximum atomic E-state index is 13.1. The molecule has 0 spiro atoms. The summed E-state index contributed by atoms with van der Waals surface area (Å²) in [6.07, 6.45) is 0. The van der Waals surface area contributed by atoms with Gasteiger partial charge >= 0.3 is 83.1 Å². The quantitative estimate of drug-likeness (QED) is 0.831. The monoisotopic (exact) mass is 290 g/mol. The molecule has 13 heavy (non-hydrogen) atoms. The molecule has 4 heteroatoms. The van der Waals surface area contributed by atoms with Crippen molar-refractivity contribution in [2.24, 2.45) is 0 Å². The van der Waals surface area contributed by atoms with E-state index in [1.165, 1.54) is 18.2 Å². The van der Waals surface area contributed by atoms with Crippen molar-refractivity contribution in [3.63, 3.8) is 0 Å². The summed E-state index contributed by atoms with van der Waals surface area (Å²) in [7, 11) is 0. The number of carbonyl (C=O) groups is 1. The number of rotatable bonds is 2. The molecule has 1 aromatic rings. The number of benzene rings is 1. The van der Waals surface area contributed by atoms with E-state index in [0.29, 0.717) is 3.58 Å². The van der Waals surface area contributed by atoms with E-state index in [1.807, 2.05) is 9.88 Å². The van der Waals surface area contributed by atoms with Gasteiger partial charge in [0.2, 0.25) is 0 Å². The molecule has 0 unspecified atom stereocenters. The summed E-state index contributed by atoms with van der Waals surface area (Å²) in [5.41, 5.74) is 0.182. The van der Waals surface area contributed by atoms with Crippen LogP contribution in [0.4, 0.5) is 4.39 Å². The van der Waals surface area contributed by atoms with Gasteiger partial charge in [0.1, 0.15) is 0 Å². The van der Waals surface area contributed by atoms with Crippen molar-refractivity contribution in [1.29, 1.82) is 0 Å². The van der Waals surface area contributed by atoms with Crippen LogP contribution in [-0.2, 0) is 0 Å². The summed E-state index contributed by atoms with van der Waals surface area (Å²) in [6, 6.07) is 4.02. The van der Waals surface area contributed by atoms with Gasteiger partial charge in [-0.05, 0) is 0 Å². The van der Waals surface area contributed by atoms with Crippen LogP contribution in [0.1, 0.15) is 10.4 Å². The van der Waals surface area contributed by atoms with E-state index in [1.54, 1.807) is 0 Å². The summed E-state index contributed by atoms with van der Waals surface area (Å²) >= 11 is -1.93. The number of carboxylic acid groups (broad SMARTS) is 1. The molecule has 0 amide bonds. The molecule has 0 saturated heterocycles. The van der Waals surface area contributed by atoms with Gasteiger partial charge in [-0.15, -0.1) is 0 Å². The molecule has 1 N–H and O–H groups in total. The zero-order valence-electron chi connectivity index (χ0n) is 7.54. The Morgan fingerprint density at radius 1 is 1.46 bits per heavy atom. The standard InChI is InChI=1S/C7H4FO2.2CH3.Sn.H/c8-6-3-1-5(2-4-6)7(9)10;;;;/h1-3H,(H,9,10);2*1H3;;. The Morgan fingerprint density at radius 2 is 2.08 bits per heavy atom. The van der Waals surface area contributed by atoms with Crippen LogP contribution >= 0.6 is 0 Å². The van der Waals surface area contributed by atoms with Gasteiger partial charge in [-0.1, -0.05) is 0 Å². The summed E-state index contributed by atoms with van der Waals surface area (Å²) < 4.78 is 13.8. The van der Waals surface area contributed by atoms with Crippen molar-refractivity contribution < 1.29 is 14.3 Å². The van der Waals surface area contributed by atoms with E-state index in [9.17, 15) is 9.18 Å². The van der Waals surface area contributed by atoms with Gasteiger partial charge in [-0.25, -0.2) is 0 Å². The van der Waals surface area contributed by atoms with Crippen molar-refractivity contribution in [1.82, 2.24) is 0 Å². The zero-order valence-corrected chi connectivity index (χ0v) is 10.8. The molecular weight excluding hydrogens is 278 g/mol. The SMILES string of the molecule is [CH3][SnH]([CH3])[c]1cc(C(=O)O)ccc1F. The van der Waals surface area contributed by atoms with E-state index < -0.39 is 25.7 Å². The van der Waals surface area contributed by atoms with Crippen LogP contribution in [0.2, 0.25) is 9.88 Å². The number of hydrogen-bond donors (Lipinski definition) is 1. The molecule has 0 bridgehead atoms. The molecule has 0 atom stereocenters. The average molecular weight is 289 g/mol. The second-order valence-electron chi connectivity index (χ2n) is 3.20. The number of aromatic carboxylic acids is 1. The van der Waals surface area contributed by atoms with E-state index >= 15 is 0 Å². The second-order valence-corrected chi connectivity index (χ2v) is 11.6. The Labute approximate surface area is 83.1 Å². The molecule has 1 aromatic carbocycles.